The van der Waals surface area contributed by atoms with Crippen molar-refractivity contribution in [2.45, 2.75) is 26.3 Å². The Morgan fingerprint density at radius 1 is 1.40 bits per heavy atom. The van der Waals surface area contributed by atoms with Crippen LogP contribution in [-0.4, -0.2) is 42.8 Å². The third kappa shape index (κ3) is 5.48. The largest absolute Gasteiger partial charge is 0.508 e. The molecule has 0 unspecified atom stereocenters. The van der Waals surface area contributed by atoms with Gasteiger partial charge in [-0.1, -0.05) is 25.1 Å². The van der Waals surface area contributed by atoms with E-state index in [1.807, 2.05) is 19.1 Å². The van der Waals surface area contributed by atoms with Crippen LogP contribution in [0.4, 0.5) is 4.79 Å². The van der Waals surface area contributed by atoms with Gasteiger partial charge in [-0.25, -0.2) is 4.79 Å². The number of urea groups is 1. The summed E-state index contributed by atoms with van der Waals surface area (Å²) in [5.41, 5.74) is 0.757. The lowest BCUT2D eigenvalue weighted by molar-refractivity contribution is 0.183. The molecule has 0 aliphatic heterocycles. The molecule has 0 saturated heterocycles. The van der Waals surface area contributed by atoms with Crippen LogP contribution in [0.5, 0.6) is 5.75 Å². The number of carbonyl (C=O) groups excluding carboxylic acids is 1. The molecule has 1 aromatic rings. The van der Waals surface area contributed by atoms with E-state index < -0.39 is 0 Å². The highest BCUT2D eigenvalue weighted by Crippen LogP contribution is 2.17. The number of hydrogen-bond acceptors (Lipinski definition) is 3. The number of nitrogens with zero attached hydrogens (tertiary/aromatic N) is 1. The maximum atomic E-state index is 12.1. The van der Waals surface area contributed by atoms with Crippen LogP contribution in [0.15, 0.2) is 24.3 Å². The second-order valence-electron chi connectivity index (χ2n) is 4.63. The maximum absolute atomic E-state index is 12.1. The molecule has 0 aliphatic rings. The molecule has 0 atom stereocenters. The van der Waals surface area contributed by atoms with Crippen LogP contribution in [0.1, 0.15) is 25.3 Å². The first-order valence-electron chi connectivity index (χ1n) is 6.97. The minimum Gasteiger partial charge on any atom is -0.508 e. The maximum Gasteiger partial charge on any atom is 0.317 e. The molecule has 0 fully saturated rings. The van der Waals surface area contributed by atoms with Gasteiger partial charge >= 0.3 is 6.03 Å². The van der Waals surface area contributed by atoms with Crippen molar-refractivity contribution in [1.29, 1.82) is 0 Å². The minimum absolute atomic E-state index is 0.105. The number of methoxy groups -OCH3 is 1. The van der Waals surface area contributed by atoms with Crippen LogP contribution in [0.2, 0.25) is 0 Å². The van der Waals surface area contributed by atoms with Gasteiger partial charge in [0.1, 0.15) is 5.75 Å². The van der Waals surface area contributed by atoms with Gasteiger partial charge in [-0.15, -0.1) is 0 Å². The van der Waals surface area contributed by atoms with Crippen molar-refractivity contribution in [3.63, 3.8) is 0 Å². The smallest absolute Gasteiger partial charge is 0.317 e. The van der Waals surface area contributed by atoms with Gasteiger partial charge in [0.2, 0.25) is 0 Å². The summed E-state index contributed by atoms with van der Waals surface area (Å²) in [5, 5.41) is 12.6. The number of carbonyl (C=O) groups is 1. The number of para-hydroxylation sites is 1. The van der Waals surface area contributed by atoms with Gasteiger partial charge in [-0.2, -0.15) is 0 Å². The van der Waals surface area contributed by atoms with E-state index >= 15 is 0 Å². The van der Waals surface area contributed by atoms with E-state index in [2.05, 4.69) is 5.32 Å². The first kappa shape index (κ1) is 16.3. The van der Waals surface area contributed by atoms with Crippen molar-refractivity contribution in [2.24, 2.45) is 0 Å². The molecule has 1 aromatic carbocycles. The van der Waals surface area contributed by atoms with Crippen LogP contribution >= 0.6 is 0 Å². The third-order valence-corrected chi connectivity index (χ3v) is 2.94. The lowest BCUT2D eigenvalue weighted by atomic mass is 10.2. The molecule has 0 heterocycles. The number of ether oxygens (including phenoxy) is 1. The molecule has 2 amide bonds. The lowest BCUT2D eigenvalue weighted by Gasteiger charge is -2.23. The summed E-state index contributed by atoms with van der Waals surface area (Å²) < 4.78 is 4.95. The zero-order valence-electron chi connectivity index (χ0n) is 12.3. The Morgan fingerprint density at radius 3 is 2.80 bits per heavy atom. The molecule has 2 N–H and O–H groups in total. The fraction of sp³-hybridized carbons (Fsp3) is 0.533. The summed E-state index contributed by atoms with van der Waals surface area (Å²) in [4.78, 5) is 13.8. The van der Waals surface area contributed by atoms with Gasteiger partial charge in [0.25, 0.3) is 0 Å². The van der Waals surface area contributed by atoms with E-state index in [0.29, 0.717) is 26.2 Å². The van der Waals surface area contributed by atoms with Crippen molar-refractivity contribution in [3.05, 3.63) is 29.8 Å². The number of benzene rings is 1. The van der Waals surface area contributed by atoms with Crippen molar-refractivity contribution in [3.8, 4) is 5.75 Å². The Labute approximate surface area is 120 Å². The van der Waals surface area contributed by atoms with Crippen molar-refractivity contribution in [1.82, 2.24) is 10.2 Å². The predicted molar refractivity (Wildman–Crippen MR) is 78.7 cm³/mol. The highest BCUT2D eigenvalue weighted by Gasteiger charge is 2.14. The van der Waals surface area contributed by atoms with Gasteiger partial charge in [0, 0.05) is 32.4 Å². The summed E-state index contributed by atoms with van der Waals surface area (Å²) in [5.74, 6) is 0.223. The molecule has 20 heavy (non-hydrogen) atoms. The van der Waals surface area contributed by atoms with E-state index in [1.165, 1.54) is 0 Å². The summed E-state index contributed by atoms with van der Waals surface area (Å²) >= 11 is 0. The van der Waals surface area contributed by atoms with E-state index in [-0.39, 0.29) is 11.8 Å². The quantitative estimate of drug-likeness (QED) is 0.719. The van der Waals surface area contributed by atoms with Gasteiger partial charge in [-0.05, 0) is 18.9 Å². The van der Waals surface area contributed by atoms with Crippen LogP contribution in [0.3, 0.4) is 0 Å². The zero-order chi connectivity index (χ0) is 14.8. The SMILES string of the molecule is CCCN(Cc1ccccc1O)C(=O)NCCCOC. The van der Waals surface area contributed by atoms with Crippen LogP contribution in [0.25, 0.3) is 0 Å². The van der Waals surface area contributed by atoms with E-state index in [9.17, 15) is 9.90 Å². The molecule has 1 rings (SSSR count). The molecule has 0 aromatic heterocycles. The van der Waals surface area contributed by atoms with Crippen molar-refractivity contribution < 1.29 is 14.6 Å². The summed E-state index contributed by atoms with van der Waals surface area (Å²) in [7, 11) is 1.64. The molecular weight excluding hydrogens is 256 g/mol. The Balaban J connectivity index is 2.55. The molecule has 0 saturated carbocycles. The van der Waals surface area contributed by atoms with Gasteiger partial charge < -0.3 is 20.1 Å². The number of aromatic hydroxyl groups is 1. The van der Waals surface area contributed by atoms with Crippen molar-refractivity contribution in [2.75, 3.05) is 26.8 Å². The molecule has 0 spiro atoms. The molecule has 5 heteroatoms. The van der Waals surface area contributed by atoms with E-state index in [4.69, 9.17) is 4.74 Å². The Hall–Kier alpha value is -1.75. The summed E-state index contributed by atoms with van der Waals surface area (Å²) in [6.07, 6.45) is 1.66. The Kier molecular flexibility index (Phi) is 7.50. The molecule has 0 radical (unpaired) electrons. The lowest BCUT2D eigenvalue weighted by Crippen LogP contribution is -2.40. The topological polar surface area (TPSA) is 61.8 Å². The number of nitrogens with one attached hydrogen (secondary N) is 1. The van der Waals surface area contributed by atoms with Crippen molar-refractivity contribution >= 4 is 6.03 Å². The van der Waals surface area contributed by atoms with Crippen LogP contribution in [0, 0.1) is 0 Å². The van der Waals surface area contributed by atoms with Gasteiger partial charge in [0.15, 0.2) is 0 Å². The predicted octanol–water partition coefficient (Wildman–Crippen LogP) is 2.35. The Bertz CT molecular complexity index is 410. The van der Waals surface area contributed by atoms with E-state index in [0.717, 1.165) is 18.4 Å². The fourth-order valence-corrected chi connectivity index (χ4v) is 1.90. The summed E-state index contributed by atoms with van der Waals surface area (Å²) in [6, 6.07) is 6.99. The zero-order valence-corrected chi connectivity index (χ0v) is 12.3. The van der Waals surface area contributed by atoms with Crippen LogP contribution < -0.4 is 5.32 Å². The number of hydrogen-bond donors (Lipinski definition) is 2. The average Bonchev–Trinajstić information content (AvgIpc) is 2.45. The van der Waals surface area contributed by atoms with Gasteiger partial charge in [-0.3, -0.25) is 0 Å². The highest BCUT2D eigenvalue weighted by molar-refractivity contribution is 5.74. The first-order chi connectivity index (χ1) is 9.69. The Morgan fingerprint density at radius 2 is 2.15 bits per heavy atom. The van der Waals surface area contributed by atoms with E-state index in [1.54, 1.807) is 24.1 Å². The monoisotopic (exact) mass is 280 g/mol. The van der Waals surface area contributed by atoms with Gasteiger partial charge in [0.05, 0.1) is 6.54 Å². The molecule has 0 bridgehead atoms. The molecular formula is C15H24N2O3. The highest BCUT2D eigenvalue weighted by atomic mass is 16.5. The standard InChI is InChI=1S/C15H24N2O3/c1-3-10-17(15(19)16-9-6-11-20-2)12-13-7-4-5-8-14(13)18/h4-5,7-8,18H,3,6,9-12H2,1-2H3,(H,16,19). The molecule has 5 nitrogen and oxygen atoms in total. The second kappa shape index (κ2) is 9.20. The number of phenolic OH excluding ortho intramolecular Hbond substituents is 1. The minimum atomic E-state index is -0.105. The number of phenols is 1. The second-order valence-corrected chi connectivity index (χ2v) is 4.63. The average molecular weight is 280 g/mol. The number of rotatable bonds is 8. The third-order valence-electron chi connectivity index (χ3n) is 2.94. The first-order valence-corrected chi connectivity index (χ1v) is 6.97. The van der Waals surface area contributed by atoms with Crippen LogP contribution in [-0.2, 0) is 11.3 Å². The normalized spacial score (nSPS) is 10.3. The fourth-order valence-electron chi connectivity index (χ4n) is 1.90. The number of amides is 2. The molecule has 0 aliphatic carbocycles. The molecule has 112 valence electrons. The summed E-state index contributed by atoms with van der Waals surface area (Å²) in [6.45, 7) is 4.32.